The molecule has 8 heteroatoms. The molecule has 1 atom stereocenters. The number of nitrogens with one attached hydrogen (secondary N) is 1. The first-order valence-electron chi connectivity index (χ1n) is 4.80. The molecule has 1 aromatic carbocycles. The number of carbonyl (C=O) groups excluding carboxylic acids is 2. The summed E-state index contributed by atoms with van der Waals surface area (Å²) in [4.78, 5) is 22.2. The van der Waals surface area contributed by atoms with Crippen LogP contribution in [0.5, 0.6) is 0 Å². The Labute approximate surface area is 116 Å². The van der Waals surface area contributed by atoms with Crippen LogP contribution in [-0.2, 0) is 9.59 Å². The van der Waals surface area contributed by atoms with Gasteiger partial charge in [0, 0.05) is 4.47 Å². The van der Waals surface area contributed by atoms with Gasteiger partial charge in [-0.25, -0.2) is 4.39 Å². The fraction of sp³-hybridized carbons (Fsp3) is 0.200. The number of rotatable bonds is 4. The molecule has 1 unspecified atom stereocenters. The normalized spacial score (nSPS) is 12.0. The molecule has 1 aromatic rings. The average molecular weight is 339 g/mol. The van der Waals surface area contributed by atoms with Crippen LogP contribution >= 0.6 is 27.5 Å². The summed E-state index contributed by atoms with van der Waals surface area (Å²) in [5, 5.41) is 2.41. The van der Waals surface area contributed by atoms with Crippen molar-refractivity contribution in [2.75, 3.05) is 5.32 Å². The molecule has 0 aliphatic rings. The summed E-state index contributed by atoms with van der Waals surface area (Å²) in [6, 6.07) is 1.10. The Balaban J connectivity index is 2.85. The number of benzene rings is 1. The van der Waals surface area contributed by atoms with Gasteiger partial charge in [0.15, 0.2) is 0 Å². The fourth-order valence-electron chi connectivity index (χ4n) is 1.19. The molecule has 0 heterocycles. The molecule has 0 radical (unpaired) electrons. The van der Waals surface area contributed by atoms with Crippen molar-refractivity contribution in [1.29, 1.82) is 0 Å². The molecule has 0 fully saturated rings. The largest absolute Gasteiger partial charge is 0.370 e. The van der Waals surface area contributed by atoms with E-state index < -0.39 is 23.7 Å². The third-order valence-electron chi connectivity index (χ3n) is 2.01. The van der Waals surface area contributed by atoms with Crippen molar-refractivity contribution >= 4 is 45.0 Å². The molecule has 18 heavy (non-hydrogen) atoms. The first-order valence-corrected chi connectivity index (χ1v) is 5.97. The first kappa shape index (κ1) is 14.9. The number of amides is 2. The zero-order chi connectivity index (χ0) is 13.9. The number of halogens is 3. The highest BCUT2D eigenvalue weighted by molar-refractivity contribution is 9.10. The Hall–Kier alpha value is -1.18. The lowest BCUT2D eigenvalue weighted by molar-refractivity contribution is -0.123. The van der Waals surface area contributed by atoms with Crippen LogP contribution in [0.15, 0.2) is 16.6 Å². The second-order valence-electron chi connectivity index (χ2n) is 3.51. The third-order valence-corrected chi connectivity index (χ3v) is 2.94. The van der Waals surface area contributed by atoms with Crippen molar-refractivity contribution in [1.82, 2.24) is 0 Å². The van der Waals surface area contributed by atoms with Gasteiger partial charge in [-0.2, -0.15) is 0 Å². The second-order valence-corrected chi connectivity index (χ2v) is 4.77. The zero-order valence-corrected chi connectivity index (χ0v) is 11.4. The highest BCUT2D eigenvalue weighted by Crippen LogP contribution is 2.31. The lowest BCUT2D eigenvalue weighted by atomic mass is 10.2. The predicted octanol–water partition coefficient (Wildman–Crippen LogP) is 1.38. The van der Waals surface area contributed by atoms with Crippen LogP contribution in [0.1, 0.15) is 6.42 Å². The Kier molecular flexibility index (Phi) is 5.06. The number of hydrogen-bond acceptors (Lipinski definition) is 3. The number of primary amides is 1. The molecule has 1 rings (SSSR count). The third kappa shape index (κ3) is 3.94. The van der Waals surface area contributed by atoms with Gasteiger partial charge in [-0.05, 0) is 28.1 Å². The molecule has 0 saturated heterocycles. The summed E-state index contributed by atoms with van der Waals surface area (Å²) in [5.74, 6) is -1.88. The van der Waals surface area contributed by atoms with Crippen LogP contribution in [0.2, 0.25) is 5.02 Å². The van der Waals surface area contributed by atoms with Crippen molar-refractivity contribution in [3.8, 4) is 0 Å². The molecule has 0 bridgehead atoms. The van der Waals surface area contributed by atoms with Crippen LogP contribution in [0.25, 0.3) is 0 Å². The van der Waals surface area contributed by atoms with Crippen LogP contribution in [0.4, 0.5) is 10.1 Å². The fourth-order valence-corrected chi connectivity index (χ4v) is 2.09. The Morgan fingerprint density at radius 3 is 2.61 bits per heavy atom. The zero-order valence-electron chi connectivity index (χ0n) is 9.04. The highest BCUT2D eigenvalue weighted by Gasteiger charge is 2.18. The summed E-state index contributed by atoms with van der Waals surface area (Å²) < 4.78 is 13.2. The van der Waals surface area contributed by atoms with E-state index in [2.05, 4.69) is 21.2 Å². The van der Waals surface area contributed by atoms with Crippen LogP contribution in [-0.4, -0.2) is 17.9 Å². The van der Waals surface area contributed by atoms with Crippen LogP contribution < -0.4 is 16.8 Å². The summed E-state index contributed by atoms with van der Waals surface area (Å²) in [5.41, 5.74) is 10.6. The molecule has 98 valence electrons. The predicted molar refractivity (Wildman–Crippen MR) is 69.5 cm³/mol. The molecule has 0 aromatic heterocycles. The average Bonchev–Trinajstić information content (AvgIpc) is 2.21. The van der Waals surface area contributed by atoms with Gasteiger partial charge < -0.3 is 16.8 Å². The maximum absolute atomic E-state index is 13.0. The second kappa shape index (κ2) is 6.12. The van der Waals surface area contributed by atoms with Gasteiger partial charge in [-0.15, -0.1) is 0 Å². The Bertz CT molecular complexity index is 475. The quantitative estimate of drug-likeness (QED) is 0.773. The lowest BCUT2D eigenvalue weighted by Gasteiger charge is -2.13. The number of anilines is 1. The van der Waals surface area contributed by atoms with E-state index >= 15 is 0 Å². The maximum Gasteiger partial charge on any atom is 0.241 e. The van der Waals surface area contributed by atoms with Gasteiger partial charge in [0.1, 0.15) is 5.82 Å². The monoisotopic (exact) mass is 337 g/mol. The first-order chi connectivity index (χ1) is 8.31. The van der Waals surface area contributed by atoms with Crippen molar-refractivity contribution in [2.45, 2.75) is 12.5 Å². The molecule has 0 spiro atoms. The molecule has 2 amide bonds. The molecule has 0 aliphatic carbocycles. The summed E-state index contributed by atoms with van der Waals surface area (Å²) in [6.07, 6.45) is -0.289. The van der Waals surface area contributed by atoms with E-state index in [0.717, 1.165) is 12.1 Å². The van der Waals surface area contributed by atoms with E-state index in [1.54, 1.807) is 0 Å². The molecule has 0 aliphatic heterocycles. The topological polar surface area (TPSA) is 98.2 Å². The maximum atomic E-state index is 13.0. The van der Waals surface area contributed by atoms with E-state index in [1.165, 1.54) is 0 Å². The van der Waals surface area contributed by atoms with Gasteiger partial charge in [0.25, 0.3) is 0 Å². The summed E-state index contributed by atoms with van der Waals surface area (Å²) in [7, 11) is 0. The molecule has 5 nitrogen and oxygen atoms in total. The van der Waals surface area contributed by atoms with Gasteiger partial charge >= 0.3 is 0 Å². The number of carbonyl (C=O) groups is 2. The minimum Gasteiger partial charge on any atom is -0.370 e. The molecular formula is C10H10BrClFN3O2. The highest BCUT2D eigenvalue weighted by atomic mass is 79.9. The molecule has 5 N–H and O–H groups in total. The van der Waals surface area contributed by atoms with E-state index in [-0.39, 0.29) is 21.6 Å². The minimum absolute atomic E-state index is 0.0153. The van der Waals surface area contributed by atoms with Gasteiger partial charge in [0.05, 0.1) is 23.2 Å². The van der Waals surface area contributed by atoms with Crippen molar-refractivity contribution in [3.05, 3.63) is 27.4 Å². The number of nitrogens with two attached hydrogens (primary N) is 2. The van der Waals surface area contributed by atoms with Crippen molar-refractivity contribution < 1.29 is 14.0 Å². The molecular weight excluding hydrogens is 328 g/mol. The minimum atomic E-state index is -1.09. The van der Waals surface area contributed by atoms with E-state index in [4.69, 9.17) is 23.1 Å². The smallest absolute Gasteiger partial charge is 0.241 e. The van der Waals surface area contributed by atoms with Crippen molar-refractivity contribution in [2.24, 2.45) is 11.5 Å². The summed E-state index contributed by atoms with van der Waals surface area (Å²) >= 11 is 8.83. The van der Waals surface area contributed by atoms with Gasteiger partial charge in [0.2, 0.25) is 11.8 Å². The summed E-state index contributed by atoms with van der Waals surface area (Å²) in [6.45, 7) is 0. The standard InChI is InChI=1S/C10H10BrClFN3O2/c11-5-1-4(13)2-6(12)9(5)16-10(18)7(14)3-8(15)17/h1-2,7H,3,14H2,(H2,15,17)(H,16,18). The van der Waals surface area contributed by atoms with Crippen molar-refractivity contribution in [3.63, 3.8) is 0 Å². The van der Waals surface area contributed by atoms with Gasteiger partial charge in [-0.3, -0.25) is 9.59 Å². The number of hydrogen-bond donors (Lipinski definition) is 3. The van der Waals surface area contributed by atoms with E-state index in [0.29, 0.717) is 0 Å². The van der Waals surface area contributed by atoms with Gasteiger partial charge in [-0.1, -0.05) is 11.6 Å². The molecule has 0 saturated carbocycles. The Morgan fingerprint density at radius 2 is 2.11 bits per heavy atom. The van der Waals surface area contributed by atoms with E-state index in [9.17, 15) is 14.0 Å². The Morgan fingerprint density at radius 1 is 1.50 bits per heavy atom. The SMILES string of the molecule is NC(=O)CC(N)C(=O)Nc1c(Cl)cc(F)cc1Br. The van der Waals surface area contributed by atoms with Crippen LogP contribution in [0, 0.1) is 5.82 Å². The van der Waals surface area contributed by atoms with Crippen LogP contribution in [0.3, 0.4) is 0 Å². The van der Waals surface area contributed by atoms with E-state index in [1.807, 2.05) is 0 Å². The lowest BCUT2D eigenvalue weighted by Crippen LogP contribution is -2.39.